The maximum absolute atomic E-state index is 5.61. The van der Waals surface area contributed by atoms with E-state index in [4.69, 9.17) is 18.0 Å². The fourth-order valence-electron chi connectivity index (χ4n) is 1.84. The summed E-state index contributed by atoms with van der Waals surface area (Å²) in [6.07, 6.45) is 0. The van der Waals surface area contributed by atoms with Crippen LogP contribution < -0.4 is 10.6 Å². The fourth-order valence-corrected chi connectivity index (χ4v) is 2.38. The van der Waals surface area contributed by atoms with E-state index in [1.54, 1.807) is 0 Å². The van der Waals surface area contributed by atoms with Crippen molar-refractivity contribution >= 4 is 45.6 Å². The van der Waals surface area contributed by atoms with Gasteiger partial charge in [0.1, 0.15) is 0 Å². The highest BCUT2D eigenvalue weighted by Gasteiger charge is 2.17. The molecule has 1 aromatic rings. The molecule has 1 fully saturated rings. The Bertz CT molecular complexity index is 371. The summed E-state index contributed by atoms with van der Waals surface area (Å²) < 4.78 is 1.27. The largest absolute Gasteiger partial charge is 0.376 e. The highest BCUT2D eigenvalue weighted by atomic mass is 127. The van der Waals surface area contributed by atoms with Crippen LogP contribution in [-0.4, -0.2) is 36.2 Å². The van der Waals surface area contributed by atoms with Gasteiger partial charge in [-0.05, 0) is 59.1 Å². The Hall–Kier alpha value is -0.560. The standard InChI is InChI=1S/C11H14IN3S/c12-9-1-3-10(4-2-9)14-5-7-15(8-6-14)11(13)16/h1-4H,5-8H2,(H2,13,16). The average molecular weight is 347 g/mol. The quantitative estimate of drug-likeness (QED) is 0.619. The van der Waals surface area contributed by atoms with Gasteiger partial charge in [-0.1, -0.05) is 0 Å². The summed E-state index contributed by atoms with van der Waals surface area (Å²) in [7, 11) is 0. The molecule has 0 aromatic heterocycles. The zero-order chi connectivity index (χ0) is 11.5. The van der Waals surface area contributed by atoms with Crippen LogP contribution in [0.3, 0.4) is 0 Å². The van der Waals surface area contributed by atoms with Gasteiger partial charge in [0, 0.05) is 35.4 Å². The lowest BCUT2D eigenvalue weighted by atomic mass is 10.2. The smallest absolute Gasteiger partial charge is 0.166 e. The van der Waals surface area contributed by atoms with Crippen molar-refractivity contribution in [1.29, 1.82) is 0 Å². The van der Waals surface area contributed by atoms with Gasteiger partial charge >= 0.3 is 0 Å². The SMILES string of the molecule is NC(=S)N1CCN(c2ccc(I)cc2)CC1. The predicted octanol–water partition coefficient (Wildman–Crippen LogP) is 1.66. The van der Waals surface area contributed by atoms with Crippen LogP contribution in [0.2, 0.25) is 0 Å². The first-order valence-corrected chi connectivity index (χ1v) is 6.70. The molecule has 1 aliphatic heterocycles. The van der Waals surface area contributed by atoms with Gasteiger partial charge in [0.05, 0.1) is 0 Å². The maximum Gasteiger partial charge on any atom is 0.166 e. The van der Waals surface area contributed by atoms with Gasteiger partial charge in [0.2, 0.25) is 0 Å². The van der Waals surface area contributed by atoms with Crippen molar-refractivity contribution in [2.75, 3.05) is 31.1 Å². The van der Waals surface area contributed by atoms with Gasteiger partial charge in [-0.15, -0.1) is 0 Å². The second-order valence-electron chi connectivity index (χ2n) is 3.79. The van der Waals surface area contributed by atoms with Crippen LogP contribution in [0, 0.1) is 3.57 Å². The van der Waals surface area contributed by atoms with Gasteiger partial charge < -0.3 is 15.5 Å². The third-order valence-corrected chi connectivity index (χ3v) is 3.76. The normalized spacial score (nSPS) is 16.3. The molecule has 0 atom stereocenters. The summed E-state index contributed by atoms with van der Waals surface area (Å²) in [5.41, 5.74) is 6.89. The number of hydrogen-bond acceptors (Lipinski definition) is 2. The molecule has 0 unspecified atom stereocenters. The third kappa shape index (κ3) is 2.76. The van der Waals surface area contributed by atoms with Crippen molar-refractivity contribution in [3.63, 3.8) is 0 Å². The lowest BCUT2D eigenvalue weighted by molar-refractivity contribution is 0.388. The van der Waals surface area contributed by atoms with E-state index in [0.717, 1.165) is 26.2 Å². The summed E-state index contributed by atoms with van der Waals surface area (Å²) in [5.74, 6) is 0. The number of thiocarbonyl (C=S) groups is 1. The molecule has 5 heteroatoms. The van der Waals surface area contributed by atoms with Crippen molar-refractivity contribution in [3.05, 3.63) is 27.8 Å². The molecule has 0 amide bonds. The second-order valence-corrected chi connectivity index (χ2v) is 5.45. The number of nitrogens with two attached hydrogens (primary N) is 1. The number of hydrogen-bond donors (Lipinski definition) is 1. The molecule has 86 valence electrons. The number of halogens is 1. The van der Waals surface area contributed by atoms with Gasteiger partial charge in [-0.3, -0.25) is 0 Å². The summed E-state index contributed by atoms with van der Waals surface area (Å²) >= 11 is 7.29. The first-order valence-electron chi connectivity index (χ1n) is 5.22. The summed E-state index contributed by atoms with van der Waals surface area (Å²) in [6.45, 7) is 3.80. The van der Waals surface area contributed by atoms with E-state index < -0.39 is 0 Å². The van der Waals surface area contributed by atoms with E-state index >= 15 is 0 Å². The zero-order valence-electron chi connectivity index (χ0n) is 8.90. The van der Waals surface area contributed by atoms with Gasteiger partial charge in [0.15, 0.2) is 5.11 Å². The number of rotatable bonds is 1. The van der Waals surface area contributed by atoms with Crippen LogP contribution in [0.15, 0.2) is 24.3 Å². The lowest BCUT2D eigenvalue weighted by Gasteiger charge is -2.36. The molecule has 1 heterocycles. The molecule has 2 N–H and O–H groups in total. The van der Waals surface area contributed by atoms with Crippen LogP contribution in [0.1, 0.15) is 0 Å². The molecule has 1 aromatic carbocycles. The van der Waals surface area contributed by atoms with Crippen molar-refractivity contribution in [2.45, 2.75) is 0 Å². The number of benzene rings is 1. The van der Waals surface area contributed by atoms with Crippen LogP contribution in [0.5, 0.6) is 0 Å². The number of nitrogens with zero attached hydrogens (tertiary/aromatic N) is 2. The van der Waals surface area contributed by atoms with Crippen LogP contribution in [-0.2, 0) is 0 Å². The first kappa shape index (κ1) is 11.9. The lowest BCUT2D eigenvalue weighted by Crippen LogP contribution is -2.50. The molecule has 3 nitrogen and oxygen atoms in total. The molecule has 0 spiro atoms. The minimum absolute atomic E-state index is 0.516. The summed E-state index contributed by atoms with van der Waals surface area (Å²) in [6, 6.07) is 8.60. The van der Waals surface area contributed by atoms with Crippen LogP contribution in [0.25, 0.3) is 0 Å². The van der Waals surface area contributed by atoms with Crippen molar-refractivity contribution in [3.8, 4) is 0 Å². The van der Waals surface area contributed by atoms with Crippen molar-refractivity contribution < 1.29 is 0 Å². The Kier molecular flexibility index (Phi) is 3.86. The minimum atomic E-state index is 0.516. The highest BCUT2D eigenvalue weighted by molar-refractivity contribution is 14.1. The molecule has 0 aliphatic carbocycles. The summed E-state index contributed by atoms with van der Waals surface area (Å²) in [4.78, 5) is 4.42. The third-order valence-electron chi connectivity index (χ3n) is 2.78. The van der Waals surface area contributed by atoms with E-state index in [-0.39, 0.29) is 0 Å². The zero-order valence-corrected chi connectivity index (χ0v) is 11.9. The van der Waals surface area contributed by atoms with Crippen LogP contribution in [0.4, 0.5) is 5.69 Å². The molecular weight excluding hydrogens is 333 g/mol. The van der Waals surface area contributed by atoms with Gasteiger partial charge in [-0.2, -0.15) is 0 Å². The Morgan fingerprint density at radius 1 is 1.12 bits per heavy atom. The first-order chi connectivity index (χ1) is 7.66. The van der Waals surface area contributed by atoms with E-state index in [2.05, 4.69) is 56.7 Å². The molecular formula is C11H14IN3S. The Labute approximate surface area is 115 Å². The molecule has 2 rings (SSSR count). The Balaban J connectivity index is 1.99. The molecule has 0 saturated carbocycles. The monoisotopic (exact) mass is 347 g/mol. The van der Waals surface area contributed by atoms with Gasteiger partial charge in [-0.25, -0.2) is 0 Å². The van der Waals surface area contributed by atoms with E-state index in [9.17, 15) is 0 Å². The van der Waals surface area contributed by atoms with Crippen molar-refractivity contribution in [2.24, 2.45) is 5.73 Å². The molecule has 0 bridgehead atoms. The van der Waals surface area contributed by atoms with E-state index in [1.165, 1.54) is 9.26 Å². The van der Waals surface area contributed by atoms with E-state index in [1.807, 2.05) is 0 Å². The van der Waals surface area contributed by atoms with Crippen molar-refractivity contribution in [1.82, 2.24) is 4.90 Å². The Morgan fingerprint density at radius 3 is 2.19 bits per heavy atom. The van der Waals surface area contributed by atoms with Gasteiger partial charge in [0.25, 0.3) is 0 Å². The fraction of sp³-hybridized carbons (Fsp3) is 0.364. The Morgan fingerprint density at radius 2 is 1.69 bits per heavy atom. The predicted molar refractivity (Wildman–Crippen MR) is 79.7 cm³/mol. The number of piperazine rings is 1. The molecule has 0 radical (unpaired) electrons. The highest BCUT2D eigenvalue weighted by Crippen LogP contribution is 2.17. The topological polar surface area (TPSA) is 32.5 Å². The average Bonchev–Trinajstić information content (AvgIpc) is 2.30. The molecule has 16 heavy (non-hydrogen) atoms. The second kappa shape index (κ2) is 5.18. The van der Waals surface area contributed by atoms with E-state index in [0.29, 0.717) is 5.11 Å². The molecule has 1 saturated heterocycles. The molecule has 1 aliphatic rings. The minimum Gasteiger partial charge on any atom is -0.376 e. The number of anilines is 1. The maximum atomic E-state index is 5.61. The van der Waals surface area contributed by atoms with Crippen LogP contribution >= 0.6 is 34.8 Å². The summed E-state index contributed by atoms with van der Waals surface area (Å²) in [5, 5.41) is 0.516.